The van der Waals surface area contributed by atoms with Crippen LogP contribution >= 0.6 is 0 Å². The van der Waals surface area contributed by atoms with Crippen molar-refractivity contribution in [3.8, 4) is 0 Å². The van der Waals surface area contributed by atoms with Gasteiger partial charge < -0.3 is 37.2 Å². The van der Waals surface area contributed by atoms with Gasteiger partial charge in [0, 0.05) is 0 Å². The largest absolute Gasteiger partial charge is 1.00 e. The first-order valence-electron chi connectivity index (χ1n) is 16.0. The van der Waals surface area contributed by atoms with Gasteiger partial charge in [-0.05, 0) is 0 Å². The number of aryl methyl sites for hydroxylation is 3. The molecule has 0 saturated heterocycles. The fourth-order valence-electron chi connectivity index (χ4n) is 6.39. The zero-order valence-electron chi connectivity index (χ0n) is 26.6. The molecule has 4 rings (SSSR count). The van der Waals surface area contributed by atoms with Crippen LogP contribution in [0.2, 0.25) is 0 Å². The molecule has 0 bridgehead atoms. The van der Waals surface area contributed by atoms with Gasteiger partial charge in [0.05, 0.1) is 0 Å². The molecule has 0 unspecified atom stereocenters. The molecular formula is C38H49Cl3SiTi. The topological polar surface area (TPSA) is 0 Å². The average Bonchev–Trinajstić information content (AvgIpc) is 3.36. The van der Waals surface area contributed by atoms with Crippen molar-refractivity contribution in [3.05, 3.63) is 110 Å². The molecule has 230 valence electrons. The Labute approximate surface area is 294 Å². The monoisotopic (exact) mass is 686 g/mol. The van der Waals surface area contributed by atoms with Gasteiger partial charge in [0.25, 0.3) is 0 Å². The van der Waals surface area contributed by atoms with Crippen molar-refractivity contribution in [2.45, 2.75) is 105 Å². The van der Waals surface area contributed by atoms with Crippen molar-refractivity contribution >= 4 is 23.6 Å². The third-order valence-corrected chi connectivity index (χ3v) is 15.1. The Bertz CT molecular complexity index is 1150. The molecule has 0 saturated carbocycles. The third-order valence-electron chi connectivity index (χ3n) is 8.77. The Balaban J connectivity index is 0.00000308. The van der Waals surface area contributed by atoms with E-state index in [1.165, 1.54) is 103 Å². The number of hydrogen-bond acceptors (Lipinski definition) is 0. The summed E-state index contributed by atoms with van der Waals surface area (Å²) in [5.41, 5.74) is 5.99. The zero-order valence-corrected chi connectivity index (χ0v) is 31.5. The SMILES string of the molecule is CCCCc1ccc([Si](C2=[C]([Ti+3])C(CCC)=CC2)(c2ccc(CCCC)cc2)c2ccc(CCCC)cc2)cc1.[Cl-].[Cl-].[Cl-]. The molecule has 0 nitrogen and oxygen atoms in total. The van der Waals surface area contributed by atoms with Gasteiger partial charge in [-0.1, -0.05) is 0 Å². The van der Waals surface area contributed by atoms with E-state index in [9.17, 15) is 0 Å². The van der Waals surface area contributed by atoms with Crippen LogP contribution in [0.4, 0.5) is 0 Å². The second-order valence-corrected chi connectivity index (χ2v) is 16.3. The number of rotatable bonds is 15. The summed E-state index contributed by atoms with van der Waals surface area (Å²) >= 11 is 2.42. The number of unbranched alkanes of at least 4 members (excludes halogenated alkanes) is 3. The molecule has 0 heterocycles. The van der Waals surface area contributed by atoms with Crippen LogP contribution in [0.25, 0.3) is 0 Å². The number of hydrogen-bond donors (Lipinski definition) is 0. The Morgan fingerprint density at radius 3 is 1.16 bits per heavy atom. The van der Waals surface area contributed by atoms with Crippen LogP contribution in [0.5, 0.6) is 0 Å². The Morgan fingerprint density at radius 1 is 0.512 bits per heavy atom. The van der Waals surface area contributed by atoms with Crippen LogP contribution in [0.15, 0.2) is 93.5 Å². The summed E-state index contributed by atoms with van der Waals surface area (Å²) in [7, 11) is -2.46. The predicted molar refractivity (Wildman–Crippen MR) is 174 cm³/mol. The number of benzene rings is 3. The summed E-state index contributed by atoms with van der Waals surface area (Å²) in [5.74, 6) is 0. The zero-order chi connectivity index (χ0) is 28.4. The Hall–Kier alpha value is -1.06. The van der Waals surface area contributed by atoms with Crippen LogP contribution in [0.1, 0.15) is 102 Å². The molecule has 3 aromatic rings. The van der Waals surface area contributed by atoms with Gasteiger partial charge in [0.2, 0.25) is 0 Å². The van der Waals surface area contributed by atoms with E-state index in [0.717, 1.165) is 6.42 Å². The van der Waals surface area contributed by atoms with Crippen molar-refractivity contribution < 1.29 is 57.7 Å². The van der Waals surface area contributed by atoms with Crippen LogP contribution in [0.3, 0.4) is 0 Å². The van der Waals surface area contributed by atoms with Crippen molar-refractivity contribution in [2.75, 3.05) is 0 Å². The van der Waals surface area contributed by atoms with Gasteiger partial charge in [-0.3, -0.25) is 0 Å². The Morgan fingerprint density at radius 2 is 0.860 bits per heavy atom. The molecule has 3 aromatic carbocycles. The number of halogens is 3. The molecular weight excluding hydrogens is 639 g/mol. The van der Waals surface area contributed by atoms with E-state index in [-0.39, 0.29) is 37.2 Å². The fraction of sp³-hybridized carbons (Fsp3) is 0.421. The quantitative estimate of drug-likeness (QED) is 0.152. The van der Waals surface area contributed by atoms with Gasteiger partial charge in [0.15, 0.2) is 0 Å². The molecule has 0 fully saturated rings. The smallest absolute Gasteiger partial charge is 1.00 e. The molecule has 5 heteroatoms. The van der Waals surface area contributed by atoms with Crippen LogP contribution in [-0.4, -0.2) is 8.07 Å². The van der Waals surface area contributed by atoms with Crippen molar-refractivity contribution in [3.63, 3.8) is 0 Å². The summed E-state index contributed by atoms with van der Waals surface area (Å²) in [5, 5.41) is 6.31. The molecule has 0 radical (unpaired) electrons. The standard InChI is InChI=1S/C38H49Si.3ClH.Ti/c1-5-9-13-31-16-23-35(24-17-31)39(38-29-22-34(30-38)12-8-4,36-25-18-32(19-26-36)14-10-6-2)37-27-20-33(21-28-37)15-11-7-3;;;;/h16-28H,5-15,29H2,1-4H3;3*1H;/q;;;;+3/p-3. The molecule has 0 atom stereocenters. The second-order valence-electron chi connectivity index (χ2n) is 11.7. The normalized spacial score (nSPS) is 12.7. The van der Waals surface area contributed by atoms with Crippen LogP contribution < -0.4 is 52.8 Å². The van der Waals surface area contributed by atoms with E-state index >= 15 is 0 Å². The molecule has 0 amide bonds. The minimum Gasteiger partial charge on any atom is -1.00 e. The molecule has 1 aliphatic carbocycles. The number of allylic oxidation sites excluding steroid dienone is 4. The van der Waals surface area contributed by atoms with Crippen molar-refractivity contribution in [2.24, 2.45) is 0 Å². The third kappa shape index (κ3) is 9.48. The van der Waals surface area contributed by atoms with E-state index in [1.807, 2.05) is 0 Å². The fourth-order valence-corrected chi connectivity index (χ4v) is 12.8. The van der Waals surface area contributed by atoms with Gasteiger partial charge in [-0.15, -0.1) is 0 Å². The first-order chi connectivity index (χ1) is 19.6. The molecule has 1 aliphatic rings. The van der Waals surface area contributed by atoms with E-state index in [0.29, 0.717) is 0 Å². The van der Waals surface area contributed by atoms with E-state index in [1.54, 1.807) is 14.6 Å². The van der Waals surface area contributed by atoms with Gasteiger partial charge in [-0.25, -0.2) is 0 Å². The molecule has 0 aromatic heterocycles. The minimum absolute atomic E-state index is 0. The first kappa shape index (κ1) is 40.0. The van der Waals surface area contributed by atoms with Gasteiger partial charge in [0.1, 0.15) is 0 Å². The second kappa shape index (κ2) is 20.1. The maximum absolute atomic E-state index is 2.55. The maximum atomic E-state index is 2.55. The molecule has 0 spiro atoms. The van der Waals surface area contributed by atoms with E-state index < -0.39 is 8.07 Å². The van der Waals surface area contributed by atoms with Crippen LogP contribution in [0, 0.1) is 0 Å². The minimum atomic E-state index is -2.46. The summed E-state index contributed by atoms with van der Waals surface area (Å²) in [6.07, 6.45) is 17.1. The Kier molecular flexibility index (Phi) is 18.7. The molecule has 43 heavy (non-hydrogen) atoms. The van der Waals surface area contributed by atoms with E-state index in [2.05, 4.69) is 127 Å². The summed E-state index contributed by atoms with van der Waals surface area (Å²) in [4.78, 5) is 0. The van der Waals surface area contributed by atoms with Gasteiger partial charge >= 0.3 is 259 Å². The summed E-state index contributed by atoms with van der Waals surface area (Å²) < 4.78 is 1.56. The van der Waals surface area contributed by atoms with Gasteiger partial charge in [-0.2, -0.15) is 0 Å². The predicted octanol–water partition coefficient (Wildman–Crippen LogP) is -0.333. The average molecular weight is 688 g/mol. The van der Waals surface area contributed by atoms with Crippen molar-refractivity contribution in [1.82, 2.24) is 0 Å². The summed E-state index contributed by atoms with van der Waals surface area (Å²) in [6.45, 7) is 9.18. The van der Waals surface area contributed by atoms with Crippen molar-refractivity contribution in [1.29, 1.82) is 0 Å². The first-order valence-corrected chi connectivity index (χ1v) is 18.8. The summed E-state index contributed by atoms with van der Waals surface area (Å²) in [6, 6.07) is 29.6. The molecule has 0 N–H and O–H groups in total. The van der Waals surface area contributed by atoms with Crippen LogP contribution in [-0.2, 0) is 39.7 Å². The maximum Gasteiger partial charge on any atom is -1.00 e. The molecule has 0 aliphatic heterocycles. The van der Waals surface area contributed by atoms with E-state index in [4.69, 9.17) is 0 Å².